The first-order chi connectivity index (χ1) is 9.46. The van der Waals surface area contributed by atoms with Gasteiger partial charge in [-0.15, -0.1) is 0 Å². The van der Waals surface area contributed by atoms with E-state index in [0.29, 0.717) is 6.54 Å². The highest BCUT2D eigenvalue weighted by Crippen LogP contribution is 2.11. The smallest absolute Gasteiger partial charge is 0.0718 e. The minimum absolute atomic E-state index is 0.493. The lowest BCUT2D eigenvalue weighted by molar-refractivity contribution is 0.0167. The Labute approximate surface area is 121 Å². The molecule has 2 rings (SSSR count). The van der Waals surface area contributed by atoms with Crippen molar-refractivity contribution in [2.24, 2.45) is 5.73 Å². The largest absolute Gasteiger partial charge is 0.389 e. The molecule has 0 radical (unpaired) electrons. The molecule has 5 nitrogen and oxygen atoms in total. The van der Waals surface area contributed by atoms with Crippen molar-refractivity contribution >= 4 is 0 Å². The Morgan fingerprint density at radius 2 is 1.90 bits per heavy atom. The lowest BCUT2D eigenvalue weighted by Gasteiger charge is -2.37. The van der Waals surface area contributed by atoms with Gasteiger partial charge in [-0.05, 0) is 31.5 Å². The molecular weight excluding hydrogens is 252 g/mol. The predicted molar refractivity (Wildman–Crippen MR) is 80.1 cm³/mol. The fourth-order valence-electron chi connectivity index (χ4n) is 2.65. The molecule has 1 aliphatic rings. The Balaban J connectivity index is 1.82. The molecule has 1 aromatic heterocycles. The van der Waals surface area contributed by atoms with Crippen molar-refractivity contribution in [1.29, 1.82) is 0 Å². The van der Waals surface area contributed by atoms with Crippen molar-refractivity contribution in [2.45, 2.75) is 32.5 Å². The van der Waals surface area contributed by atoms with E-state index in [1.807, 2.05) is 20.0 Å². The van der Waals surface area contributed by atoms with Crippen LogP contribution in [0.1, 0.15) is 25.1 Å². The van der Waals surface area contributed by atoms with Crippen molar-refractivity contribution in [2.75, 3.05) is 32.7 Å². The van der Waals surface area contributed by atoms with Gasteiger partial charge in [-0.3, -0.25) is 14.8 Å². The summed E-state index contributed by atoms with van der Waals surface area (Å²) in [4.78, 5) is 8.99. The van der Waals surface area contributed by atoms with E-state index in [0.717, 1.165) is 45.0 Å². The summed E-state index contributed by atoms with van der Waals surface area (Å²) in [5.41, 5.74) is 7.24. The first-order valence-electron chi connectivity index (χ1n) is 7.27. The summed E-state index contributed by atoms with van der Waals surface area (Å²) >= 11 is 0. The summed E-state index contributed by atoms with van der Waals surface area (Å²) in [5, 5.41) is 9.85. The Morgan fingerprint density at radius 1 is 1.25 bits per heavy atom. The zero-order chi connectivity index (χ0) is 14.6. The average Bonchev–Trinajstić information content (AvgIpc) is 2.40. The van der Waals surface area contributed by atoms with Crippen LogP contribution in [0.15, 0.2) is 18.3 Å². The fourth-order valence-corrected chi connectivity index (χ4v) is 2.65. The first-order valence-corrected chi connectivity index (χ1v) is 7.27. The van der Waals surface area contributed by atoms with E-state index in [4.69, 9.17) is 5.73 Å². The topological polar surface area (TPSA) is 65.6 Å². The van der Waals surface area contributed by atoms with E-state index in [1.54, 1.807) is 0 Å². The molecule has 20 heavy (non-hydrogen) atoms. The van der Waals surface area contributed by atoms with E-state index in [1.165, 1.54) is 5.56 Å². The molecule has 0 amide bonds. The van der Waals surface area contributed by atoms with Gasteiger partial charge in [0.15, 0.2) is 0 Å². The third-order valence-electron chi connectivity index (χ3n) is 3.57. The third kappa shape index (κ3) is 4.83. The third-order valence-corrected chi connectivity index (χ3v) is 3.57. The van der Waals surface area contributed by atoms with Crippen LogP contribution in [0.3, 0.4) is 0 Å². The van der Waals surface area contributed by atoms with Crippen molar-refractivity contribution in [3.63, 3.8) is 0 Å². The van der Waals surface area contributed by atoms with Crippen LogP contribution in [-0.4, -0.2) is 58.2 Å². The van der Waals surface area contributed by atoms with Gasteiger partial charge in [-0.25, -0.2) is 0 Å². The van der Waals surface area contributed by atoms with Gasteiger partial charge in [0.05, 0.1) is 11.3 Å². The second-order valence-electron chi connectivity index (χ2n) is 6.22. The van der Waals surface area contributed by atoms with Gasteiger partial charge in [-0.1, -0.05) is 0 Å². The molecule has 3 N–H and O–H groups in total. The number of nitrogens with zero attached hydrogens (tertiary/aromatic N) is 3. The Hall–Kier alpha value is -1.01. The molecule has 0 spiro atoms. The van der Waals surface area contributed by atoms with Crippen molar-refractivity contribution < 1.29 is 5.11 Å². The van der Waals surface area contributed by atoms with Gasteiger partial charge in [0.25, 0.3) is 0 Å². The molecule has 1 aromatic rings. The van der Waals surface area contributed by atoms with Crippen LogP contribution in [0.4, 0.5) is 0 Å². The minimum atomic E-state index is -0.608. The maximum atomic E-state index is 9.85. The SMILES string of the molecule is CC(C)(O)CN1CCN(Cc2ccnc(CN)c2)CC1. The van der Waals surface area contributed by atoms with Crippen LogP contribution in [0.5, 0.6) is 0 Å². The summed E-state index contributed by atoms with van der Waals surface area (Å²) in [5.74, 6) is 0. The van der Waals surface area contributed by atoms with Crippen LogP contribution in [0.25, 0.3) is 0 Å². The van der Waals surface area contributed by atoms with Gasteiger partial charge < -0.3 is 10.8 Å². The Morgan fingerprint density at radius 3 is 2.50 bits per heavy atom. The summed E-state index contributed by atoms with van der Waals surface area (Å²) in [7, 11) is 0. The molecule has 0 unspecified atom stereocenters. The molecule has 1 fully saturated rings. The number of hydrogen-bond donors (Lipinski definition) is 2. The van der Waals surface area contributed by atoms with Gasteiger partial charge in [0.2, 0.25) is 0 Å². The van der Waals surface area contributed by atoms with Gasteiger partial charge in [0, 0.05) is 52.0 Å². The molecular formula is C15H26N4O. The van der Waals surface area contributed by atoms with Gasteiger partial charge >= 0.3 is 0 Å². The van der Waals surface area contributed by atoms with Gasteiger partial charge in [0.1, 0.15) is 0 Å². The van der Waals surface area contributed by atoms with Crippen molar-refractivity contribution in [3.8, 4) is 0 Å². The lowest BCUT2D eigenvalue weighted by Crippen LogP contribution is -2.50. The standard InChI is InChI=1S/C15H26N4O/c1-15(2,20)12-19-7-5-18(6-8-19)11-13-3-4-17-14(9-13)10-16/h3-4,9,20H,5-8,10-12,16H2,1-2H3. The molecule has 0 atom stereocenters. The second kappa shape index (κ2) is 6.63. The van der Waals surface area contributed by atoms with E-state index >= 15 is 0 Å². The minimum Gasteiger partial charge on any atom is -0.389 e. The highest BCUT2D eigenvalue weighted by atomic mass is 16.3. The zero-order valence-electron chi connectivity index (χ0n) is 12.5. The molecule has 1 aliphatic heterocycles. The zero-order valence-corrected chi connectivity index (χ0v) is 12.5. The predicted octanol–water partition coefficient (Wildman–Crippen LogP) is 0.429. The van der Waals surface area contributed by atoms with Crippen LogP contribution in [-0.2, 0) is 13.1 Å². The number of pyridine rings is 1. The maximum Gasteiger partial charge on any atom is 0.0718 e. The van der Waals surface area contributed by atoms with Crippen LogP contribution in [0, 0.1) is 0 Å². The van der Waals surface area contributed by atoms with Crippen LogP contribution >= 0.6 is 0 Å². The molecule has 0 bridgehead atoms. The second-order valence-corrected chi connectivity index (χ2v) is 6.22. The normalized spacial score (nSPS) is 18.4. The summed E-state index contributed by atoms with van der Waals surface area (Å²) in [6.07, 6.45) is 1.84. The lowest BCUT2D eigenvalue weighted by atomic mass is 10.1. The number of aliphatic hydroxyl groups is 1. The summed E-state index contributed by atoms with van der Waals surface area (Å²) < 4.78 is 0. The molecule has 0 aromatic carbocycles. The number of piperazine rings is 1. The maximum absolute atomic E-state index is 9.85. The van der Waals surface area contributed by atoms with E-state index < -0.39 is 5.60 Å². The highest BCUT2D eigenvalue weighted by Gasteiger charge is 2.22. The fraction of sp³-hybridized carbons (Fsp3) is 0.667. The van der Waals surface area contributed by atoms with Crippen LogP contribution < -0.4 is 5.73 Å². The molecule has 112 valence electrons. The quantitative estimate of drug-likeness (QED) is 0.817. The summed E-state index contributed by atoms with van der Waals surface area (Å²) in [6, 6.07) is 4.14. The van der Waals surface area contributed by atoms with E-state index in [9.17, 15) is 5.11 Å². The average molecular weight is 278 g/mol. The van der Waals surface area contributed by atoms with Crippen LogP contribution in [0.2, 0.25) is 0 Å². The summed E-state index contributed by atoms with van der Waals surface area (Å²) in [6.45, 7) is 10.0. The molecule has 2 heterocycles. The molecule has 5 heteroatoms. The first kappa shape index (κ1) is 15.4. The molecule has 0 aliphatic carbocycles. The highest BCUT2D eigenvalue weighted by molar-refractivity contribution is 5.16. The van der Waals surface area contributed by atoms with E-state index in [2.05, 4.69) is 26.9 Å². The Bertz CT molecular complexity index is 422. The van der Waals surface area contributed by atoms with Crippen molar-refractivity contribution in [3.05, 3.63) is 29.6 Å². The molecule has 0 saturated carbocycles. The monoisotopic (exact) mass is 278 g/mol. The van der Waals surface area contributed by atoms with Gasteiger partial charge in [-0.2, -0.15) is 0 Å². The number of β-amino-alcohol motifs (C(OH)–C–C–N with tert-alkyl or cyclic N) is 1. The van der Waals surface area contributed by atoms with E-state index in [-0.39, 0.29) is 0 Å². The number of aromatic nitrogens is 1. The Kier molecular flexibility index (Phi) is 5.10. The number of hydrogen-bond acceptors (Lipinski definition) is 5. The number of rotatable bonds is 5. The van der Waals surface area contributed by atoms with Crippen molar-refractivity contribution in [1.82, 2.24) is 14.8 Å². The molecule has 1 saturated heterocycles. The number of nitrogens with two attached hydrogens (primary N) is 1.